The van der Waals surface area contributed by atoms with Crippen LogP contribution in [0.4, 0.5) is 0 Å². The molecule has 10 aliphatic rings. The molecule has 254 valence electrons. The first kappa shape index (κ1) is 30.0. The molecule has 0 N–H and O–H groups in total. The summed E-state index contributed by atoms with van der Waals surface area (Å²) in [6.45, 7) is 9.87. The van der Waals surface area contributed by atoms with Crippen molar-refractivity contribution in [2.75, 3.05) is 0 Å². The number of hydrogen-bond acceptors (Lipinski definition) is 4. The summed E-state index contributed by atoms with van der Waals surface area (Å²) in [4.78, 5) is 6.23. The van der Waals surface area contributed by atoms with Crippen LogP contribution >= 0.6 is 0 Å². The Bertz CT molecular complexity index is 1260. The van der Waals surface area contributed by atoms with Gasteiger partial charge in [0.1, 0.15) is 0 Å². The molecule has 0 spiro atoms. The van der Waals surface area contributed by atoms with E-state index in [1.165, 1.54) is 109 Å². The fourth-order valence-corrected chi connectivity index (χ4v) is 14.6. The molecule has 4 heteroatoms. The van der Waals surface area contributed by atoms with Crippen molar-refractivity contribution < 1.29 is 9.47 Å². The van der Waals surface area contributed by atoms with Crippen LogP contribution < -0.4 is 0 Å². The van der Waals surface area contributed by atoms with Crippen LogP contribution in [0.15, 0.2) is 22.9 Å². The van der Waals surface area contributed by atoms with E-state index in [1.807, 2.05) is 5.57 Å². The summed E-state index contributed by atoms with van der Waals surface area (Å²) in [5.41, 5.74) is 5.46. The number of morpholine rings is 2. The molecule has 0 amide bonds. The van der Waals surface area contributed by atoms with E-state index in [0.717, 1.165) is 59.4 Å². The lowest BCUT2D eigenvalue weighted by atomic mass is 9.65. The Morgan fingerprint density at radius 1 is 0.630 bits per heavy atom. The van der Waals surface area contributed by atoms with Gasteiger partial charge in [0.25, 0.3) is 0 Å². The summed E-state index contributed by atoms with van der Waals surface area (Å²) in [7, 11) is 0. The summed E-state index contributed by atoms with van der Waals surface area (Å²) in [6.07, 6.45) is 28.1. The highest BCUT2D eigenvalue weighted by Gasteiger charge is 2.62. The SMILES string of the molecule is CCC1CCC2C(C1)OC1CC(CC)CC3C4=C(CCC(C5CCC6C(C5)C5CC(C)CC7OC8CC(C)CCC8N6C75)=C4)N2C13. The number of hydrogen-bond donors (Lipinski definition) is 0. The fourth-order valence-electron chi connectivity index (χ4n) is 14.6. The van der Waals surface area contributed by atoms with Crippen LogP contribution in [-0.2, 0) is 9.47 Å². The van der Waals surface area contributed by atoms with Gasteiger partial charge in [-0.25, -0.2) is 0 Å². The van der Waals surface area contributed by atoms with E-state index in [0.29, 0.717) is 42.5 Å². The predicted molar refractivity (Wildman–Crippen MR) is 184 cm³/mol. The summed E-state index contributed by atoms with van der Waals surface area (Å²) in [6, 6.07) is 3.55. The molecule has 4 nitrogen and oxygen atoms in total. The van der Waals surface area contributed by atoms with Crippen LogP contribution in [0.5, 0.6) is 0 Å². The minimum atomic E-state index is 0.462. The molecule has 17 unspecified atom stereocenters. The van der Waals surface area contributed by atoms with Gasteiger partial charge in [-0.2, -0.15) is 0 Å². The fraction of sp³-hybridized carbons (Fsp3) is 0.905. The van der Waals surface area contributed by atoms with Gasteiger partial charge in [0.2, 0.25) is 0 Å². The van der Waals surface area contributed by atoms with Crippen molar-refractivity contribution in [1.29, 1.82) is 0 Å². The van der Waals surface area contributed by atoms with Gasteiger partial charge in [-0.3, -0.25) is 4.90 Å². The maximum atomic E-state index is 7.17. The smallest absolute Gasteiger partial charge is 0.0791 e. The standard InChI is InChI=1S/C42H64N2O2/c1-5-25-8-12-36-38(19-25)46-40-20-26(6-2)18-32-30-22-28(10-14-34(30)44(36)42(32)40)27-9-13-33-29(21-27)31-15-24(4)17-39-41(31)43(33)35-11-7-23(3)16-37(35)45-39/h22-27,29,31-33,35-42H,5-21H2,1-4H3. The first-order valence-corrected chi connectivity index (χ1v) is 20.8. The molecule has 5 saturated carbocycles. The second-order valence-electron chi connectivity index (χ2n) is 18.9. The van der Waals surface area contributed by atoms with Crippen molar-refractivity contribution in [2.45, 2.75) is 191 Å². The zero-order valence-corrected chi connectivity index (χ0v) is 29.6. The Balaban J connectivity index is 0.940. The molecule has 0 aromatic rings. The van der Waals surface area contributed by atoms with Gasteiger partial charge < -0.3 is 14.4 Å². The molecule has 6 aliphatic carbocycles. The van der Waals surface area contributed by atoms with E-state index in [9.17, 15) is 0 Å². The van der Waals surface area contributed by atoms with E-state index >= 15 is 0 Å². The second kappa shape index (κ2) is 11.3. The Labute approximate surface area is 280 Å². The van der Waals surface area contributed by atoms with Crippen LogP contribution in [0.25, 0.3) is 0 Å². The van der Waals surface area contributed by atoms with Crippen LogP contribution in [0.1, 0.15) is 137 Å². The Morgan fingerprint density at radius 3 is 2.22 bits per heavy atom. The van der Waals surface area contributed by atoms with Gasteiger partial charge in [-0.05, 0) is 143 Å². The summed E-state index contributed by atoms with van der Waals surface area (Å²) in [5.74, 6) is 6.69. The molecule has 8 fully saturated rings. The molecule has 4 heterocycles. The molecular weight excluding hydrogens is 564 g/mol. The number of allylic oxidation sites excluding steroid dienone is 3. The molecule has 0 aromatic heterocycles. The topological polar surface area (TPSA) is 24.9 Å². The number of fused-ring (bicyclic) bond motifs is 9. The molecule has 0 radical (unpaired) electrons. The second-order valence-corrected chi connectivity index (χ2v) is 18.9. The van der Waals surface area contributed by atoms with Gasteiger partial charge in [0.15, 0.2) is 0 Å². The van der Waals surface area contributed by atoms with E-state index < -0.39 is 0 Å². The molecule has 0 aromatic carbocycles. The van der Waals surface area contributed by atoms with Crippen molar-refractivity contribution in [3.05, 3.63) is 22.9 Å². The zero-order chi connectivity index (χ0) is 30.8. The van der Waals surface area contributed by atoms with Crippen LogP contribution in [0, 0.1) is 47.3 Å². The minimum absolute atomic E-state index is 0.462. The molecule has 0 bridgehead atoms. The Hall–Kier alpha value is -0.840. The highest BCUT2D eigenvalue weighted by atomic mass is 16.5. The van der Waals surface area contributed by atoms with Gasteiger partial charge in [-0.1, -0.05) is 52.2 Å². The highest BCUT2D eigenvalue weighted by Crippen LogP contribution is 2.59. The lowest BCUT2D eigenvalue weighted by Gasteiger charge is -2.55. The average molecular weight is 629 g/mol. The average Bonchev–Trinajstić information content (AvgIpc) is 3.58. The normalized spacial score (nSPS) is 54.2. The summed E-state index contributed by atoms with van der Waals surface area (Å²) >= 11 is 0. The maximum absolute atomic E-state index is 7.17. The van der Waals surface area contributed by atoms with E-state index in [-0.39, 0.29) is 0 Å². The number of ether oxygens (including phenoxy) is 2. The van der Waals surface area contributed by atoms with E-state index in [4.69, 9.17) is 9.47 Å². The molecule has 3 saturated heterocycles. The third kappa shape index (κ3) is 4.46. The molecular formula is C42H64N2O2. The molecule has 4 aliphatic heterocycles. The first-order chi connectivity index (χ1) is 22.5. The summed E-state index contributed by atoms with van der Waals surface area (Å²) < 4.78 is 14.3. The number of rotatable bonds is 3. The van der Waals surface area contributed by atoms with Crippen molar-refractivity contribution >= 4 is 0 Å². The van der Waals surface area contributed by atoms with Crippen LogP contribution in [0.3, 0.4) is 0 Å². The van der Waals surface area contributed by atoms with E-state index in [2.05, 4.69) is 43.6 Å². The van der Waals surface area contributed by atoms with Gasteiger partial charge in [0, 0.05) is 29.7 Å². The van der Waals surface area contributed by atoms with Gasteiger partial charge >= 0.3 is 0 Å². The lowest BCUT2D eigenvalue weighted by Crippen LogP contribution is -2.64. The van der Waals surface area contributed by atoms with Crippen molar-refractivity contribution in [2.24, 2.45) is 47.3 Å². The zero-order valence-electron chi connectivity index (χ0n) is 29.6. The lowest BCUT2D eigenvalue weighted by molar-refractivity contribution is -0.187. The monoisotopic (exact) mass is 628 g/mol. The number of nitrogens with zero attached hydrogens (tertiary/aromatic N) is 2. The van der Waals surface area contributed by atoms with Crippen molar-refractivity contribution in [3.8, 4) is 0 Å². The molecule has 17 atom stereocenters. The van der Waals surface area contributed by atoms with Crippen molar-refractivity contribution in [3.63, 3.8) is 0 Å². The third-order valence-electron chi connectivity index (χ3n) is 16.6. The largest absolute Gasteiger partial charge is 0.372 e. The van der Waals surface area contributed by atoms with Crippen molar-refractivity contribution in [1.82, 2.24) is 9.80 Å². The predicted octanol–water partition coefficient (Wildman–Crippen LogP) is 8.90. The highest BCUT2D eigenvalue weighted by molar-refractivity contribution is 5.43. The quantitative estimate of drug-likeness (QED) is 0.312. The molecule has 10 rings (SSSR count). The third-order valence-corrected chi connectivity index (χ3v) is 16.6. The van der Waals surface area contributed by atoms with E-state index in [1.54, 1.807) is 11.3 Å². The maximum Gasteiger partial charge on any atom is 0.0791 e. The van der Waals surface area contributed by atoms with Gasteiger partial charge in [-0.15, -0.1) is 0 Å². The van der Waals surface area contributed by atoms with Crippen LogP contribution in [0.2, 0.25) is 0 Å². The Kier molecular flexibility index (Phi) is 7.40. The summed E-state index contributed by atoms with van der Waals surface area (Å²) in [5, 5.41) is 0. The minimum Gasteiger partial charge on any atom is -0.372 e. The molecule has 46 heavy (non-hydrogen) atoms. The van der Waals surface area contributed by atoms with Crippen LogP contribution in [-0.4, -0.2) is 64.4 Å². The Morgan fingerprint density at radius 2 is 1.37 bits per heavy atom. The van der Waals surface area contributed by atoms with Gasteiger partial charge in [0.05, 0.1) is 36.5 Å². The first-order valence-electron chi connectivity index (χ1n) is 20.8.